The van der Waals surface area contributed by atoms with Crippen molar-refractivity contribution in [3.05, 3.63) is 47.4 Å². The van der Waals surface area contributed by atoms with E-state index in [0.29, 0.717) is 16.9 Å². The average molecular weight is 358 g/mol. The molecule has 1 aliphatic rings. The fourth-order valence-corrected chi connectivity index (χ4v) is 2.98. The first-order valence-corrected chi connectivity index (χ1v) is 7.88. The maximum atomic E-state index is 12.8. The second-order valence-corrected chi connectivity index (χ2v) is 6.30. The molecule has 9 heteroatoms. The summed E-state index contributed by atoms with van der Waals surface area (Å²) in [6.07, 6.45) is -1.25. The van der Waals surface area contributed by atoms with Crippen molar-refractivity contribution in [2.45, 2.75) is 24.6 Å². The molecule has 0 atom stereocenters. The molecule has 0 spiro atoms. The van der Waals surface area contributed by atoms with E-state index < -0.39 is 17.3 Å². The summed E-state index contributed by atoms with van der Waals surface area (Å²) in [4.78, 5) is 8.36. The van der Waals surface area contributed by atoms with Gasteiger partial charge in [0.1, 0.15) is 11.9 Å². The molecule has 1 fully saturated rings. The van der Waals surface area contributed by atoms with Gasteiger partial charge in [0.15, 0.2) is 5.65 Å². The molecule has 3 aromatic rings. The van der Waals surface area contributed by atoms with Crippen LogP contribution >= 0.6 is 0 Å². The molecule has 0 unspecified atom stereocenters. The van der Waals surface area contributed by atoms with Crippen molar-refractivity contribution in [2.24, 2.45) is 7.05 Å². The Morgan fingerprint density at radius 3 is 2.46 bits per heavy atom. The Labute approximate surface area is 146 Å². The molecular weight excluding hydrogens is 345 g/mol. The van der Waals surface area contributed by atoms with Crippen LogP contribution in [0.3, 0.4) is 0 Å². The van der Waals surface area contributed by atoms with Crippen LogP contribution in [0, 0.1) is 11.3 Å². The van der Waals surface area contributed by atoms with Gasteiger partial charge in [0.2, 0.25) is 5.82 Å². The van der Waals surface area contributed by atoms with Crippen LogP contribution in [0.15, 0.2) is 30.5 Å². The second-order valence-electron chi connectivity index (χ2n) is 6.30. The molecule has 0 aliphatic heterocycles. The van der Waals surface area contributed by atoms with Crippen molar-refractivity contribution in [2.75, 3.05) is 5.32 Å². The van der Waals surface area contributed by atoms with Gasteiger partial charge in [-0.3, -0.25) is 4.68 Å². The molecule has 0 radical (unpaired) electrons. The Morgan fingerprint density at radius 2 is 1.88 bits per heavy atom. The zero-order valence-electron chi connectivity index (χ0n) is 13.7. The predicted octanol–water partition coefficient (Wildman–Crippen LogP) is 3.35. The lowest BCUT2D eigenvalue weighted by atomic mass is 10.0. The van der Waals surface area contributed by atoms with Crippen LogP contribution in [0.5, 0.6) is 0 Å². The van der Waals surface area contributed by atoms with Crippen LogP contribution < -0.4 is 5.32 Å². The molecule has 0 saturated heterocycles. The largest absolute Gasteiger partial charge is 0.416 e. The summed E-state index contributed by atoms with van der Waals surface area (Å²) in [5.41, 5.74) is 0.0935. The highest BCUT2D eigenvalue weighted by Crippen LogP contribution is 2.49. The zero-order valence-corrected chi connectivity index (χ0v) is 13.7. The van der Waals surface area contributed by atoms with Crippen molar-refractivity contribution in [3.63, 3.8) is 0 Å². The molecule has 1 saturated carbocycles. The fourth-order valence-electron chi connectivity index (χ4n) is 2.98. The van der Waals surface area contributed by atoms with Crippen LogP contribution in [0.1, 0.15) is 29.8 Å². The third kappa shape index (κ3) is 2.63. The number of alkyl halides is 3. The summed E-state index contributed by atoms with van der Waals surface area (Å²) >= 11 is 0. The van der Waals surface area contributed by atoms with Gasteiger partial charge in [-0.15, -0.1) is 0 Å². The third-order valence-electron chi connectivity index (χ3n) is 4.56. The van der Waals surface area contributed by atoms with Crippen LogP contribution in [-0.2, 0) is 18.8 Å². The number of nitrogens with one attached hydrogen (secondary N) is 1. The minimum absolute atomic E-state index is 0.00631. The molecule has 4 rings (SSSR count). The lowest BCUT2D eigenvalue weighted by Gasteiger charge is -2.20. The molecule has 2 heterocycles. The highest BCUT2D eigenvalue weighted by atomic mass is 19.4. The van der Waals surface area contributed by atoms with Gasteiger partial charge < -0.3 is 5.32 Å². The number of nitriles is 1. The summed E-state index contributed by atoms with van der Waals surface area (Å²) < 4.78 is 39.8. The molecule has 0 amide bonds. The van der Waals surface area contributed by atoms with E-state index in [1.54, 1.807) is 17.9 Å². The van der Waals surface area contributed by atoms with Crippen molar-refractivity contribution in [1.29, 1.82) is 5.26 Å². The zero-order chi connectivity index (χ0) is 18.5. The Hall–Kier alpha value is -3.15. The number of rotatable bonds is 3. The topological polar surface area (TPSA) is 79.4 Å². The van der Waals surface area contributed by atoms with E-state index in [2.05, 4.69) is 20.4 Å². The summed E-state index contributed by atoms with van der Waals surface area (Å²) in [5, 5.41) is 17.2. The maximum absolute atomic E-state index is 12.8. The summed E-state index contributed by atoms with van der Waals surface area (Å²) in [6.45, 7) is 0. The smallest absolute Gasteiger partial charge is 0.360 e. The normalized spacial score (nSPS) is 15.7. The van der Waals surface area contributed by atoms with Crippen LogP contribution in [0.25, 0.3) is 11.0 Å². The van der Waals surface area contributed by atoms with Gasteiger partial charge >= 0.3 is 6.18 Å². The Kier molecular flexibility index (Phi) is 3.41. The summed E-state index contributed by atoms with van der Waals surface area (Å²) in [5.74, 6) is 0.462. The first kappa shape index (κ1) is 16.3. The standard InChI is InChI=1S/C17H13F3N6/c1-26-15-12(9-22-26)14(23-13(8-21)24-15)25-16(6-7-16)10-2-4-11(5-3-10)17(18,19)20/h2-5,9H,6-7H2,1H3,(H,23,24,25). The average Bonchev–Trinajstić information content (AvgIpc) is 3.30. The minimum Gasteiger partial charge on any atom is -0.360 e. The van der Waals surface area contributed by atoms with Crippen molar-refractivity contribution < 1.29 is 13.2 Å². The van der Waals surface area contributed by atoms with Gasteiger partial charge in [-0.2, -0.15) is 28.5 Å². The maximum Gasteiger partial charge on any atom is 0.416 e. The van der Waals surface area contributed by atoms with Crippen molar-refractivity contribution in [3.8, 4) is 6.07 Å². The molecule has 1 aliphatic carbocycles. The van der Waals surface area contributed by atoms with E-state index in [4.69, 9.17) is 5.26 Å². The van der Waals surface area contributed by atoms with E-state index in [9.17, 15) is 13.2 Å². The van der Waals surface area contributed by atoms with Gasteiger partial charge in [-0.1, -0.05) is 12.1 Å². The second kappa shape index (κ2) is 5.42. The molecule has 0 bridgehead atoms. The van der Waals surface area contributed by atoms with Gasteiger partial charge in [-0.25, -0.2) is 4.98 Å². The number of anilines is 1. The summed E-state index contributed by atoms with van der Waals surface area (Å²) in [7, 11) is 1.71. The van der Waals surface area contributed by atoms with Gasteiger partial charge in [0, 0.05) is 7.05 Å². The Morgan fingerprint density at radius 1 is 1.19 bits per heavy atom. The number of hydrogen-bond acceptors (Lipinski definition) is 5. The lowest BCUT2D eigenvalue weighted by molar-refractivity contribution is -0.137. The monoisotopic (exact) mass is 358 g/mol. The quantitative estimate of drug-likeness (QED) is 0.777. The molecule has 132 valence electrons. The number of benzene rings is 1. The Bertz CT molecular complexity index is 1030. The molecule has 6 nitrogen and oxygen atoms in total. The van der Waals surface area contributed by atoms with E-state index >= 15 is 0 Å². The molecule has 1 aromatic carbocycles. The molecule has 26 heavy (non-hydrogen) atoms. The highest BCUT2D eigenvalue weighted by molar-refractivity contribution is 5.87. The van der Waals surface area contributed by atoms with E-state index in [-0.39, 0.29) is 5.82 Å². The van der Waals surface area contributed by atoms with E-state index in [1.165, 1.54) is 12.1 Å². The Balaban J connectivity index is 1.71. The van der Waals surface area contributed by atoms with Crippen LogP contribution in [0.2, 0.25) is 0 Å². The van der Waals surface area contributed by atoms with Crippen LogP contribution in [0.4, 0.5) is 19.0 Å². The fraction of sp³-hybridized carbons (Fsp3) is 0.294. The first-order valence-electron chi connectivity index (χ1n) is 7.88. The van der Waals surface area contributed by atoms with Crippen LogP contribution in [-0.4, -0.2) is 19.7 Å². The molecule has 1 N–H and O–H groups in total. The lowest BCUT2D eigenvalue weighted by Crippen LogP contribution is -2.20. The van der Waals surface area contributed by atoms with Gasteiger partial charge in [-0.05, 0) is 30.5 Å². The van der Waals surface area contributed by atoms with E-state index in [0.717, 1.165) is 30.5 Å². The summed E-state index contributed by atoms with van der Waals surface area (Å²) in [6, 6.07) is 7.04. The number of aromatic nitrogens is 4. The minimum atomic E-state index is -4.36. The third-order valence-corrected chi connectivity index (χ3v) is 4.56. The number of nitrogens with zero attached hydrogens (tertiary/aromatic N) is 5. The van der Waals surface area contributed by atoms with E-state index in [1.807, 2.05) is 6.07 Å². The predicted molar refractivity (Wildman–Crippen MR) is 87.0 cm³/mol. The first-order chi connectivity index (χ1) is 12.3. The molecular formula is C17H13F3N6. The number of fused-ring (bicyclic) bond motifs is 1. The SMILES string of the molecule is Cn1ncc2c(NC3(c4ccc(C(F)(F)F)cc4)CC3)nc(C#N)nc21. The number of halogens is 3. The van der Waals surface area contributed by atoms with Crippen molar-refractivity contribution >= 4 is 16.9 Å². The van der Waals surface area contributed by atoms with Gasteiger partial charge in [0.05, 0.1) is 22.7 Å². The van der Waals surface area contributed by atoms with Gasteiger partial charge in [0.25, 0.3) is 0 Å². The van der Waals surface area contributed by atoms with Crippen molar-refractivity contribution in [1.82, 2.24) is 19.7 Å². The number of hydrogen-bond donors (Lipinski definition) is 1. The number of aryl methyl sites for hydroxylation is 1. The molecule has 2 aromatic heterocycles. The highest BCUT2D eigenvalue weighted by Gasteiger charge is 2.45.